The maximum atomic E-state index is 2.34. The molecule has 1 aromatic heterocycles. The van der Waals surface area contributed by atoms with Crippen LogP contribution in [0, 0.1) is 0 Å². The van der Waals surface area contributed by atoms with E-state index < -0.39 is 0 Å². The number of benzene rings is 3. The zero-order chi connectivity index (χ0) is 18.8. The van der Waals surface area contributed by atoms with Crippen LogP contribution in [0.3, 0.4) is 0 Å². The fourth-order valence-corrected chi connectivity index (χ4v) is 3.88. The van der Waals surface area contributed by atoms with Crippen LogP contribution < -0.4 is 17.0 Å². The Kier molecular flexibility index (Phi) is 5.68. The summed E-state index contributed by atoms with van der Waals surface area (Å²) >= 11 is 0. The Balaban J connectivity index is 0.00000205. The van der Waals surface area contributed by atoms with E-state index in [1.807, 2.05) is 0 Å². The summed E-state index contributed by atoms with van der Waals surface area (Å²) in [6, 6.07) is 29.8. The van der Waals surface area contributed by atoms with E-state index in [-0.39, 0.29) is 17.0 Å². The molecule has 3 aromatic carbocycles. The first-order valence-electron chi connectivity index (χ1n) is 9.71. The lowest BCUT2D eigenvalue weighted by atomic mass is 10.0. The van der Waals surface area contributed by atoms with Crippen LogP contribution >= 0.6 is 0 Å². The number of nitrogens with zero attached hydrogens (tertiary/aromatic N) is 2. The smallest absolute Gasteiger partial charge is 0.0534 e. The molecule has 4 aromatic rings. The topological polar surface area (TPSA) is 8.17 Å². The van der Waals surface area contributed by atoms with Gasteiger partial charge in [-0.05, 0) is 35.4 Å². The number of aromatic nitrogens is 1. The molecule has 0 amide bonds. The number of hydrogen-bond donors (Lipinski definition) is 0. The van der Waals surface area contributed by atoms with Gasteiger partial charge in [-0.3, -0.25) is 0 Å². The van der Waals surface area contributed by atoms with E-state index >= 15 is 0 Å². The van der Waals surface area contributed by atoms with Gasteiger partial charge in [-0.15, -0.1) is 0 Å². The molecule has 2 nitrogen and oxygen atoms in total. The number of rotatable bonds is 4. The number of halogens is 1. The van der Waals surface area contributed by atoms with Crippen LogP contribution in [-0.2, 0) is 6.54 Å². The van der Waals surface area contributed by atoms with Crippen molar-refractivity contribution in [1.82, 2.24) is 9.47 Å². The van der Waals surface area contributed by atoms with Gasteiger partial charge in [-0.2, -0.15) is 0 Å². The van der Waals surface area contributed by atoms with Gasteiger partial charge in [0.25, 0.3) is 0 Å². The molecule has 0 atom stereocenters. The van der Waals surface area contributed by atoms with Crippen LogP contribution in [-0.4, -0.2) is 16.0 Å². The van der Waals surface area contributed by atoms with Crippen molar-refractivity contribution < 1.29 is 17.0 Å². The molecule has 0 unspecified atom stereocenters. The molecule has 0 radical (unpaired) electrons. The molecular formula is C26H22BrN2-. The van der Waals surface area contributed by atoms with Crippen molar-refractivity contribution in [2.24, 2.45) is 0 Å². The molecule has 0 saturated heterocycles. The van der Waals surface area contributed by atoms with Crippen molar-refractivity contribution in [2.45, 2.75) is 6.54 Å². The van der Waals surface area contributed by atoms with Crippen molar-refractivity contribution in [3.05, 3.63) is 121 Å². The van der Waals surface area contributed by atoms with Crippen LogP contribution in [0.25, 0.3) is 22.2 Å². The molecule has 29 heavy (non-hydrogen) atoms. The first-order chi connectivity index (χ1) is 13.9. The van der Waals surface area contributed by atoms with Crippen LogP contribution in [0.15, 0.2) is 109 Å². The van der Waals surface area contributed by atoms with E-state index in [1.165, 1.54) is 33.3 Å². The fraction of sp³-hybridized carbons (Fsp3) is 0.0769. The van der Waals surface area contributed by atoms with Crippen LogP contribution in [0.2, 0.25) is 0 Å². The Morgan fingerprint density at radius 3 is 2.17 bits per heavy atom. The van der Waals surface area contributed by atoms with Crippen LogP contribution in [0.1, 0.15) is 11.1 Å². The summed E-state index contributed by atoms with van der Waals surface area (Å²) in [5, 5.41) is 1.29. The first-order valence-corrected chi connectivity index (χ1v) is 9.71. The zero-order valence-corrected chi connectivity index (χ0v) is 17.7. The van der Waals surface area contributed by atoms with Gasteiger partial charge in [0.15, 0.2) is 0 Å². The molecule has 3 heteroatoms. The molecule has 0 aliphatic carbocycles. The molecule has 5 rings (SSSR count). The second-order valence-electron chi connectivity index (χ2n) is 7.16. The second-order valence-corrected chi connectivity index (χ2v) is 7.16. The highest BCUT2D eigenvalue weighted by atomic mass is 79.9. The third kappa shape index (κ3) is 3.92. The quantitative estimate of drug-likeness (QED) is 0.472. The SMILES string of the molecule is C1=CN(Cc2ccccc2)CC=C1c1cn(-c2ccccc2)c2ccccc12.[Br-]. The second kappa shape index (κ2) is 8.54. The number of fused-ring (bicyclic) bond motifs is 1. The van der Waals surface area contributed by atoms with Crippen LogP contribution in [0.4, 0.5) is 0 Å². The van der Waals surface area contributed by atoms with Crippen molar-refractivity contribution >= 4 is 16.5 Å². The zero-order valence-electron chi connectivity index (χ0n) is 16.1. The summed E-state index contributed by atoms with van der Waals surface area (Å²) in [4.78, 5) is 2.34. The lowest BCUT2D eigenvalue weighted by molar-refractivity contribution is -0.00000540. The van der Waals surface area contributed by atoms with Crippen molar-refractivity contribution in [1.29, 1.82) is 0 Å². The predicted octanol–water partition coefficient (Wildman–Crippen LogP) is 3.05. The molecule has 144 valence electrons. The van der Waals surface area contributed by atoms with Gasteiger partial charge < -0.3 is 26.4 Å². The molecule has 1 aliphatic rings. The van der Waals surface area contributed by atoms with E-state index in [2.05, 4.69) is 119 Å². The van der Waals surface area contributed by atoms with E-state index in [0.717, 1.165) is 13.1 Å². The highest BCUT2D eigenvalue weighted by Crippen LogP contribution is 2.31. The number of allylic oxidation sites excluding steroid dienone is 2. The van der Waals surface area contributed by atoms with Crippen molar-refractivity contribution in [2.75, 3.05) is 6.54 Å². The van der Waals surface area contributed by atoms with Gasteiger partial charge in [0.2, 0.25) is 0 Å². The monoisotopic (exact) mass is 441 g/mol. The van der Waals surface area contributed by atoms with E-state index in [9.17, 15) is 0 Å². The third-order valence-corrected chi connectivity index (χ3v) is 5.30. The Bertz CT molecular complexity index is 1160. The molecule has 2 heterocycles. The van der Waals surface area contributed by atoms with Crippen molar-refractivity contribution in [3.8, 4) is 5.69 Å². The lowest BCUT2D eigenvalue weighted by Gasteiger charge is -2.22. The molecule has 0 N–H and O–H groups in total. The molecule has 0 bridgehead atoms. The molecule has 0 spiro atoms. The molecule has 0 saturated carbocycles. The average Bonchev–Trinajstić information content (AvgIpc) is 3.15. The lowest BCUT2D eigenvalue weighted by Crippen LogP contribution is -3.00. The highest BCUT2D eigenvalue weighted by Gasteiger charge is 2.14. The van der Waals surface area contributed by atoms with Gasteiger partial charge in [-0.1, -0.05) is 72.8 Å². The highest BCUT2D eigenvalue weighted by molar-refractivity contribution is 5.96. The molecule has 1 aliphatic heterocycles. The van der Waals surface area contributed by atoms with Gasteiger partial charge in [0.1, 0.15) is 0 Å². The number of para-hydroxylation sites is 2. The van der Waals surface area contributed by atoms with E-state index in [1.54, 1.807) is 0 Å². The van der Waals surface area contributed by atoms with Crippen LogP contribution in [0.5, 0.6) is 0 Å². The minimum Gasteiger partial charge on any atom is -1.00 e. The van der Waals surface area contributed by atoms with E-state index in [0.29, 0.717) is 0 Å². The minimum absolute atomic E-state index is 0. The summed E-state index contributed by atoms with van der Waals surface area (Å²) < 4.78 is 2.29. The largest absolute Gasteiger partial charge is 1.00 e. The average molecular weight is 442 g/mol. The van der Waals surface area contributed by atoms with E-state index in [4.69, 9.17) is 0 Å². The Morgan fingerprint density at radius 2 is 1.45 bits per heavy atom. The van der Waals surface area contributed by atoms with Crippen molar-refractivity contribution in [3.63, 3.8) is 0 Å². The molecular weight excluding hydrogens is 420 g/mol. The number of hydrogen-bond acceptors (Lipinski definition) is 1. The Labute approximate surface area is 182 Å². The summed E-state index contributed by atoms with van der Waals surface area (Å²) in [5.41, 5.74) is 6.34. The fourth-order valence-electron chi connectivity index (χ4n) is 3.88. The predicted molar refractivity (Wildman–Crippen MR) is 117 cm³/mol. The maximum Gasteiger partial charge on any atom is 0.0534 e. The standard InChI is InChI=1S/C26H22N2.BrH/c1-3-9-21(10-4-1)19-27-17-15-22(16-18-27)25-20-28(23-11-5-2-6-12-23)26-14-8-7-13-24(25)26;/h1-17,20H,18-19H2;1H/p-1. The van der Waals surface area contributed by atoms with Gasteiger partial charge in [0.05, 0.1) is 5.52 Å². The minimum atomic E-state index is 0. The summed E-state index contributed by atoms with van der Waals surface area (Å²) in [7, 11) is 0. The van der Waals surface area contributed by atoms with Gasteiger partial charge in [-0.25, -0.2) is 0 Å². The maximum absolute atomic E-state index is 2.34. The summed E-state index contributed by atoms with van der Waals surface area (Å²) in [6.45, 7) is 1.86. The van der Waals surface area contributed by atoms with Gasteiger partial charge in [0, 0.05) is 42.1 Å². The summed E-state index contributed by atoms with van der Waals surface area (Å²) in [6.07, 6.45) is 9.06. The first kappa shape index (κ1) is 19.3. The molecule has 0 fully saturated rings. The third-order valence-electron chi connectivity index (χ3n) is 5.30. The van der Waals surface area contributed by atoms with Gasteiger partial charge >= 0.3 is 0 Å². The Hall–Kier alpha value is -3.04. The summed E-state index contributed by atoms with van der Waals surface area (Å²) in [5.74, 6) is 0. The normalized spacial score (nSPS) is 13.2. The Morgan fingerprint density at radius 1 is 0.759 bits per heavy atom.